The minimum absolute atomic E-state index is 0.599. The summed E-state index contributed by atoms with van der Waals surface area (Å²) in [6.45, 7) is 9.46. The van der Waals surface area contributed by atoms with Gasteiger partial charge >= 0.3 is 6.18 Å². The van der Waals surface area contributed by atoms with Crippen LogP contribution in [0.5, 0.6) is 0 Å². The lowest BCUT2D eigenvalue weighted by molar-refractivity contribution is -0.149. The number of ether oxygens (including phenoxy) is 1. The highest BCUT2D eigenvalue weighted by molar-refractivity contribution is 4.84. The molecular formula is C21H37F3N2O. The van der Waals surface area contributed by atoms with E-state index >= 15 is 0 Å². The lowest BCUT2D eigenvalue weighted by atomic mass is 9.77. The molecular weight excluding hydrogens is 353 g/mol. The van der Waals surface area contributed by atoms with Crippen LogP contribution in [0, 0.1) is 23.7 Å². The van der Waals surface area contributed by atoms with Gasteiger partial charge in [-0.15, -0.1) is 0 Å². The fourth-order valence-corrected chi connectivity index (χ4v) is 5.22. The van der Waals surface area contributed by atoms with Crippen LogP contribution in [0.15, 0.2) is 0 Å². The molecule has 0 N–H and O–H groups in total. The van der Waals surface area contributed by atoms with Crippen LogP contribution >= 0.6 is 0 Å². The predicted octanol–water partition coefficient (Wildman–Crippen LogP) is 4.42. The Bertz CT molecular complexity index is 439. The summed E-state index contributed by atoms with van der Waals surface area (Å²) in [5, 5.41) is 0. The molecule has 3 aliphatic heterocycles. The van der Waals surface area contributed by atoms with E-state index in [-0.39, 0.29) is 0 Å². The van der Waals surface area contributed by atoms with Crippen LogP contribution < -0.4 is 0 Å². The summed E-state index contributed by atoms with van der Waals surface area (Å²) < 4.78 is 42.9. The first-order valence-corrected chi connectivity index (χ1v) is 10.9. The summed E-state index contributed by atoms with van der Waals surface area (Å²) in [6.07, 6.45) is 2.89. The first-order valence-electron chi connectivity index (χ1n) is 10.9. The smallest absolute Gasteiger partial charge is 0.378 e. The largest absolute Gasteiger partial charge is 0.401 e. The van der Waals surface area contributed by atoms with Crippen LogP contribution in [0.2, 0.25) is 0 Å². The molecule has 0 aromatic carbocycles. The van der Waals surface area contributed by atoms with Gasteiger partial charge in [-0.05, 0) is 75.5 Å². The van der Waals surface area contributed by atoms with Crippen molar-refractivity contribution in [2.24, 2.45) is 23.7 Å². The van der Waals surface area contributed by atoms with Crippen molar-refractivity contribution in [1.29, 1.82) is 0 Å². The lowest BCUT2D eigenvalue weighted by Gasteiger charge is -2.42. The van der Waals surface area contributed by atoms with Gasteiger partial charge in [0.05, 0.1) is 25.8 Å². The average molecular weight is 391 g/mol. The molecule has 0 aromatic rings. The van der Waals surface area contributed by atoms with Gasteiger partial charge in [-0.25, -0.2) is 0 Å². The highest BCUT2D eigenvalue weighted by Crippen LogP contribution is 2.34. The Morgan fingerprint density at radius 2 is 1.33 bits per heavy atom. The Kier molecular flexibility index (Phi) is 7.48. The van der Waals surface area contributed by atoms with Crippen molar-refractivity contribution >= 4 is 0 Å². The summed E-state index contributed by atoms with van der Waals surface area (Å²) in [4.78, 5) is 4.18. The molecule has 3 fully saturated rings. The Morgan fingerprint density at radius 1 is 0.852 bits per heavy atom. The summed E-state index contributed by atoms with van der Waals surface area (Å²) in [6, 6.07) is 0.671. The minimum Gasteiger partial charge on any atom is -0.378 e. The summed E-state index contributed by atoms with van der Waals surface area (Å²) >= 11 is 0. The summed E-state index contributed by atoms with van der Waals surface area (Å²) in [7, 11) is 0. The van der Waals surface area contributed by atoms with Crippen molar-refractivity contribution in [3.8, 4) is 0 Å². The van der Waals surface area contributed by atoms with E-state index in [1.165, 1.54) is 38.8 Å². The third kappa shape index (κ3) is 6.33. The number of rotatable bonds is 7. The standard InChI is InChI=1S/C21H37F3N2O/c1-16(18-5-9-25(10-6-18)15-21(22,23)24)3-4-17(2)19-7-11-26(12-8-19)20-13-27-14-20/h16-20H,3-15H2,1-2H3. The second-order valence-electron chi connectivity index (χ2n) is 9.33. The van der Waals surface area contributed by atoms with Gasteiger partial charge < -0.3 is 4.74 Å². The Hall–Kier alpha value is -0.330. The molecule has 2 unspecified atom stereocenters. The van der Waals surface area contributed by atoms with Gasteiger partial charge in [-0.2, -0.15) is 13.2 Å². The maximum atomic E-state index is 12.5. The number of nitrogens with zero attached hydrogens (tertiary/aromatic N) is 2. The van der Waals surface area contributed by atoms with Crippen LogP contribution in [0.3, 0.4) is 0 Å². The second-order valence-corrected chi connectivity index (χ2v) is 9.33. The van der Waals surface area contributed by atoms with E-state index in [0.29, 0.717) is 31.0 Å². The molecule has 2 atom stereocenters. The van der Waals surface area contributed by atoms with E-state index < -0.39 is 12.7 Å². The highest BCUT2D eigenvalue weighted by Gasteiger charge is 2.34. The van der Waals surface area contributed by atoms with Crippen molar-refractivity contribution in [2.75, 3.05) is 45.9 Å². The average Bonchev–Trinajstić information content (AvgIpc) is 2.58. The second kappa shape index (κ2) is 9.45. The fraction of sp³-hybridized carbons (Fsp3) is 1.00. The molecule has 3 aliphatic rings. The predicted molar refractivity (Wildman–Crippen MR) is 102 cm³/mol. The monoisotopic (exact) mass is 390 g/mol. The van der Waals surface area contributed by atoms with E-state index in [4.69, 9.17) is 4.74 Å². The maximum absolute atomic E-state index is 12.5. The van der Waals surface area contributed by atoms with Crippen molar-refractivity contribution in [3.05, 3.63) is 0 Å². The van der Waals surface area contributed by atoms with Crippen LogP contribution in [0.1, 0.15) is 52.4 Å². The van der Waals surface area contributed by atoms with Crippen LogP contribution in [-0.2, 0) is 4.74 Å². The van der Waals surface area contributed by atoms with Gasteiger partial charge in [0.1, 0.15) is 0 Å². The molecule has 0 radical (unpaired) electrons. The molecule has 0 aromatic heterocycles. The maximum Gasteiger partial charge on any atom is 0.401 e. The molecule has 0 bridgehead atoms. The SMILES string of the molecule is CC(CCC(C)C1CCN(C2COC2)CC1)C1CCN(CC(F)(F)F)CC1. The van der Waals surface area contributed by atoms with Gasteiger partial charge in [0.25, 0.3) is 0 Å². The Labute approximate surface area is 162 Å². The summed E-state index contributed by atoms with van der Waals surface area (Å²) in [5.41, 5.74) is 0. The van der Waals surface area contributed by atoms with Crippen molar-refractivity contribution in [2.45, 2.75) is 64.6 Å². The molecule has 27 heavy (non-hydrogen) atoms. The number of alkyl halides is 3. The first kappa shape index (κ1) is 21.4. The van der Waals surface area contributed by atoms with E-state index in [1.54, 1.807) is 4.90 Å². The van der Waals surface area contributed by atoms with Crippen LogP contribution in [0.4, 0.5) is 13.2 Å². The number of halogens is 3. The lowest BCUT2D eigenvalue weighted by Crippen LogP contribution is -2.52. The fourth-order valence-electron chi connectivity index (χ4n) is 5.22. The zero-order valence-corrected chi connectivity index (χ0v) is 17.0. The van der Waals surface area contributed by atoms with Crippen LogP contribution in [-0.4, -0.2) is 68.0 Å². The third-order valence-corrected chi connectivity index (χ3v) is 7.43. The molecule has 0 spiro atoms. The van der Waals surface area contributed by atoms with Crippen molar-refractivity contribution in [3.63, 3.8) is 0 Å². The number of likely N-dealkylation sites (tertiary alicyclic amines) is 2. The van der Waals surface area contributed by atoms with E-state index in [1.807, 2.05) is 0 Å². The Balaban J connectivity index is 1.31. The quantitative estimate of drug-likeness (QED) is 0.640. The van der Waals surface area contributed by atoms with Crippen molar-refractivity contribution in [1.82, 2.24) is 9.80 Å². The van der Waals surface area contributed by atoms with Gasteiger partial charge in [-0.3, -0.25) is 9.80 Å². The zero-order chi connectivity index (χ0) is 19.4. The molecule has 0 saturated carbocycles. The summed E-state index contributed by atoms with van der Waals surface area (Å²) in [5.74, 6) is 2.83. The first-order chi connectivity index (χ1) is 12.8. The van der Waals surface area contributed by atoms with Gasteiger partial charge in [0.2, 0.25) is 0 Å². The molecule has 158 valence electrons. The zero-order valence-electron chi connectivity index (χ0n) is 17.0. The van der Waals surface area contributed by atoms with E-state index in [0.717, 1.165) is 37.9 Å². The minimum atomic E-state index is -4.06. The van der Waals surface area contributed by atoms with Gasteiger partial charge in [0, 0.05) is 0 Å². The Morgan fingerprint density at radius 3 is 1.74 bits per heavy atom. The number of hydrogen-bond donors (Lipinski definition) is 0. The van der Waals surface area contributed by atoms with Crippen molar-refractivity contribution < 1.29 is 17.9 Å². The number of piperidine rings is 2. The van der Waals surface area contributed by atoms with E-state index in [2.05, 4.69) is 18.7 Å². The molecule has 0 amide bonds. The number of hydrogen-bond acceptors (Lipinski definition) is 3. The van der Waals surface area contributed by atoms with E-state index in [9.17, 15) is 13.2 Å². The molecule has 0 aliphatic carbocycles. The topological polar surface area (TPSA) is 15.7 Å². The molecule has 3 heterocycles. The van der Waals surface area contributed by atoms with Gasteiger partial charge in [0.15, 0.2) is 0 Å². The molecule has 3 saturated heterocycles. The van der Waals surface area contributed by atoms with Crippen LogP contribution in [0.25, 0.3) is 0 Å². The molecule has 6 heteroatoms. The molecule has 3 rings (SSSR count). The normalized spacial score (nSPS) is 27.4. The highest BCUT2D eigenvalue weighted by atomic mass is 19.4. The van der Waals surface area contributed by atoms with Gasteiger partial charge in [-0.1, -0.05) is 26.7 Å². The molecule has 3 nitrogen and oxygen atoms in total. The third-order valence-electron chi connectivity index (χ3n) is 7.43.